The highest BCUT2D eigenvalue weighted by atomic mass is 79.9. The molecule has 0 aliphatic carbocycles. The van der Waals surface area contributed by atoms with Gasteiger partial charge in [-0.1, -0.05) is 6.92 Å². The van der Waals surface area contributed by atoms with Gasteiger partial charge in [0, 0.05) is 18.2 Å². The van der Waals surface area contributed by atoms with E-state index in [2.05, 4.69) is 21.0 Å². The zero-order valence-corrected chi connectivity index (χ0v) is 13.4. The summed E-state index contributed by atoms with van der Waals surface area (Å²) in [5.41, 5.74) is 1.62. The van der Waals surface area contributed by atoms with Crippen LogP contribution in [0.4, 0.5) is 8.78 Å². The Morgan fingerprint density at radius 2 is 1.86 bits per heavy atom. The Morgan fingerprint density at radius 3 is 2.38 bits per heavy atom. The van der Waals surface area contributed by atoms with Crippen molar-refractivity contribution in [3.8, 4) is 0 Å². The van der Waals surface area contributed by atoms with Crippen LogP contribution in [0, 0.1) is 11.6 Å². The lowest BCUT2D eigenvalue weighted by atomic mass is 10.1. The molecule has 0 saturated heterocycles. The topological polar surface area (TPSA) is 34.9 Å². The normalized spacial score (nSPS) is 10.9. The fourth-order valence-corrected chi connectivity index (χ4v) is 2.86. The smallest absolute Gasteiger partial charge is 0.169 e. The minimum atomic E-state index is -0.754. The Morgan fingerprint density at radius 1 is 1.24 bits per heavy atom. The van der Waals surface area contributed by atoms with Crippen molar-refractivity contribution in [1.29, 1.82) is 0 Å². The Kier molecular flexibility index (Phi) is 4.88. The second-order valence-corrected chi connectivity index (χ2v) is 5.43. The van der Waals surface area contributed by atoms with E-state index >= 15 is 0 Å². The summed E-state index contributed by atoms with van der Waals surface area (Å²) < 4.78 is 28.9. The van der Waals surface area contributed by atoms with Crippen molar-refractivity contribution in [3.63, 3.8) is 0 Å². The molecular formula is C15H15BrF2N2O. The second-order valence-electron chi connectivity index (χ2n) is 4.63. The summed E-state index contributed by atoms with van der Waals surface area (Å²) in [6, 6.07) is 2.84. The van der Waals surface area contributed by atoms with Gasteiger partial charge in [-0.05, 0) is 41.4 Å². The maximum Gasteiger partial charge on any atom is 0.169 e. The minimum absolute atomic E-state index is 0.0290. The van der Waals surface area contributed by atoms with Crippen LogP contribution >= 0.6 is 15.9 Å². The predicted molar refractivity (Wildman–Crippen MR) is 79.4 cm³/mol. The molecule has 21 heavy (non-hydrogen) atoms. The van der Waals surface area contributed by atoms with Crippen LogP contribution in [0.15, 0.2) is 22.7 Å². The summed E-state index contributed by atoms with van der Waals surface area (Å²) in [6.07, 6.45) is 0.785. The molecule has 0 aliphatic rings. The third-order valence-electron chi connectivity index (χ3n) is 3.21. The lowest BCUT2D eigenvalue weighted by Gasteiger charge is -2.05. The first-order valence-electron chi connectivity index (χ1n) is 6.69. The van der Waals surface area contributed by atoms with E-state index in [-0.39, 0.29) is 17.8 Å². The van der Waals surface area contributed by atoms with Gasteiger partial charge in [0.2, 0.25) is 0 Å². The Labute approximate surface area is 130 Å². The number of Topliss-reactive ketones (excluding diaryl/α,β-unsaturated/α-hetero) is 1. The number of aryl methyl sites for hydroxylation is 2. The summed E-state index contributed by atoms with van der Waals surface area (Å²) >= 11 is 3.45. The monoisotopic (exact) mass is 356 g/mol. The number of ketones is 1. The molecule has 0 aliphatic heterocycles. The van der Waals surface area contributed by atoms with Gasteiger partial charge in [0.05, 0.1) is 22.3 Å². The van der Waals surface area contributed by atoms with Crippen molar-refractivity contribution in [2.24, 2.45) is 0 Å². The van der Waals surface area contributed by atoms with E-state index in [1.165, 1.54) is 0 Å². The summed E-state index contributed by atoms with van der Waals surface area (Å²) in [5.74, 6) is -1.85. The van der Waals surface area contributed by atoms with Crippen LogP contribution in [-0.4, -0.2) is 15.6 Å². The van der Waals surface area contributed by atoms with Crippen LogP contribution in [0.1, 0.15) is 35.6 Å². The van der Waals surface area contributed by atoms with E-state index < -0.39 is 11.6 Å². The molecular weight excluding hydrogens is 342 g/mol. The molecule has 0 saturated carbocycles. The molecule has 2 aromatic rings. The molecule has 0 fully saturated rings. The third-order valence-corrected chi connectivity index (χ3v) is 4.12. The van der Waals surface area contributed by atoms with Crippen molar-refractivity contribution in [1.82, 2.24) is 9.78 Å². The average molecular weight is 357 g/mol. The van der Waals surface area contributed by atoms with Crippen molar-refractivity contribution in [3.05, 3.63) is 51.3 Å². The number of hydrogen-bond donors (Lipinski definition) is 0. The number of hydrogen-bond acceptors (Lipinski definition) is 2. The van der Waals surface area contributed by atoms with Crippen LogP contribution in [0.3, 0.4) is 0 Å². The second kappa shape index (κ2) is 6.47. The van der Waals surface area contributed by atoms with Crippen LogP contribution in [-0.2, 0) is 19.4 Å². The molecule has 6 heteroatoms. The van der Waals surface area contributed by atoms with Crippen molar-refractivity contribution >= 4 is 21.7 Å². The maximum atomic E-state index is 13.2. The van der Waals surface area contributed by atoms with E-state index in [9.17, 15) is 13.6 Å². The van der Waals surface area contributed by atoms with Gasteiger partial charge in [0.15, 0.2) is 5.78 Å². The molecule has 112 valence electrons. The first-order valence-corrected chi connectivity index (χ1v) is 7.48. The van der Waals surface area contributed by atoms with Gasteiger partial charge in [0.1, 0.15) is 11.6 Å². The molecule has 0 radical (unpaired) electrons. The molecule has 2 rings (SSSR count). The van der Waals surface area contributed by atoms with E-state index in [0.29, 0.717) is 6.54 Å². The molecule has 0 atom stereocenters. The van der Waals surface area contributed by atoms with Crippen molar-refractivity contribution in [2.45, 2.75) is 33.2 Å². The lowest BCUT2D eigenvalue weighted by molar-refractivity contribution is 0.0989. The Balaban J connectivity index is 2.33. The van der Waals surface area contributed by atoms with E-state index in [0.717, 1.165) is 40.5 Å². The number of carbonyl (C=O) groups excluding carboxylic acids is 1. The van der Waals surface area contributed by atoms with Gasteiger partial charge in [-0.15, -0.1) is 0 Å². The number of halogens is 3. The van der Waals surface area contributed by atoms with Gasteiger partial charge >= 0.3 is 0 Å². The molecule has 0 unspecified atom stereocenters. The zero-order valence-electron chi connectivity index (χ0n) is 11.8. The van der Waals surface area contributed by atoms with Gasteiger partial charge in [0.25, 0.3) is 0 Å². The predicted octanol–water partition coefficient (Wildman–Crippen LogP) is 3.93. The summed E-state index contributed by atoms with van der Waals surface area (Å²) in [7, 11) is 0. The largest absolute Gasteiger partial charge is 0.294 e. The first kappa shape index (κ1) is 15.8. The Hall–Kier alpha value is -1.56. The van der Waals surface area contributed by atoms with Gasteiger partial charge in [-0.25, -0.2) is 8.78 Å². The van der Waals surface area contributed by atoms with Gasteiger partial charge in [-0.2, -0.15) is 5.10 Å². The number of aromatic nitrogens is 2. The van der Waals surface area contributed by atoms with Crippen LogP contribution in [0.25, 0.3) is 0 Å². The zero-order chi connectivity index (χ0) is 15.6. The van der Waals surface area contributed by atoms with Gasteiger partial charge < -0.3 is 0 Å². The van der Waals surface area contributed by atoms with E-state index in [4.69, 9.17) is 0 Å². The van der Waals surface area contributed by atoms with Crippen LogP contribution < -0.4 is 0 Å². The maximum absolute atomic E-state index is 13.2. The van der Waals surface area contributed by atoms with Crippen molar-refractivity contribution < 1.29 is 13.6 Å². The molecule has 0 amide bonds. The quantitative estimate of drug-likeness (QED) is 0.760. The molecule has 0 bridgehead atoms. The van der Waals surface area contributed by atoms with Gasteiger partial charge in [-0.3, -0.25) is 9.48 Å². The summed E-state index contributed by atoms with van der Waals surface area (Å²) in [5, 5.41) is 4.40. The van der Waals surface area contributed by atoms with Crippen molar-refractivity contribution in [2.75, 3.05) is 0 Å². The third kappa shape index (κ3) is 3.37. The highest BCUT2D eigenvalue weighted by molar-refractivity contribution is 9.10. The number of nitrogens with zero attached hydrogens (tertiary/aromatic N) is 2. The number of carbonyl (C=O) groups is 1. The molecule has 3 nitrogen and oxygen atoms in total. The standard InChI is InChI=1S/C15H15BrF2N2O/c1-3-12-15(16)13(20(4-2)19-12)8-14(21)9-5-10(17)7-11(18)6-9/h5-7H,3-4,8H2,1-2H3. The van der Waals surface area contributed by atoms with Crippen LogP contribution in [0.2, 0.25) is 0 Å². The minimum Gasteiger partial charge on any atom is -0.294 e. The number of rotatable bonds is 5. The molecule has 1 heterocycles. The highest BCUT2D eigenvalue weighted by Crippen LogP contribution is 2.24. The fourth-order valence-electron chi connectivity index (χ4n) is 2.16. The molecule has 1 aromatic carbocycles. The summed E-state index contributed by atoms with van der Waals surface area (Å²) in [6.45, 7) is 4.52. The number of benzene rings is 1. The first-order chi connectivity index (χ1) is 9.96. The van der Waals surface area contributed by atoms with E-state index in [1.807, 2.05) is 13.8 Å². The summed E-state index contributed by atoms with van der Waals surface area (Å²) in [4.78, 5) is 12.2. The van der Waals surface area contributed by atoms with Crippen LogP contribution in [0.5, 0.6) is 0 Å². The fraction of sp³-hybridized carbons (Fsp3) is 0.333. The molecule has 0 spiro atoms. The highest BCUT2D eigenvalue weighted by Gasteiger charge is 2.18. The van der Waals surface area contributed by atoms with E-state index in [1.54, 1.807) is 4.68 Å². The SMILES string of the molecule is CCc1nn(CC)c(CC(=O)c2cc(F)cc(F)c2)c1Br. The Bertz CT molecular complexity index is 662. The molecule has 0 N–H and O–H groups in total. The lowest BCUT2D eigenvalue weighted by Crippen LogP contribution is -2.10. The molecule has 1 aromatic heterocycles. The average Bonchev–Trinajstić information content (AvgIpc) is 2.74.